The number of carbonyl (C=O) groups is 2. The van der Waals surface area contributed by atoms with E-state index >= 15 is 0 Å². The Balaban J connectivity index is 1.80. The molecule has 10 nitrogen and oxygen atoms in total. The van der Waals surface area contributed by atoms with E-state index in [0.29, 0.717) is 44.0 Å². The van der Waals surface area contributed by atoms with Crippen LogP contribution in [0.15, 0.2) is 29.2 Å². The number of rotatable bonds is 6. The zero-order valence-electron chi connectivity index (χ0n) is 21.5. The zero-order chi connectivity index (χ0) is 28.5. The first-order valence-corrected chi connectivity index (χ1v) is 12.6. The highest BCUT2D eigenvalue weighted by molar-refractivity contribution is 6.33. The van der Waals surface area contributed by atoms with Crippen molar-refractivity contribution in [3.05, 3.63) is 56.6 Å². The lowest BCUT2D eigenvalue weighted by molar-refractivity contribution is -0.137. The van der Waals surface area contributed by atoms with Crippen LogP contribution in [0.25, 0.3) is 11.2 Å². The minimum Gasteiger partial charge on any atom is -0.364 e. The number of halogens is 4. The molecule has 3 aromatic rings. The fourth-order valence-corrected chi connectivity index (χ4v) is 4.66. The molecule has 14 heteroatoms. The van der Waals surface area contributed by atoms with Crippen molar-refractivity contribution in [3.63, 3.8) is 0 Å². The molecule has 1 fully saturated rings. The van der Waals surface area contributed by atoms with Crippen LogP contribution in [0.1, 0.15) is 28.7 Å². The van der Waals surface area contributed by atoms with E-state index in [9.17, 15) is 27.6 Å². The van der Waals surface area contributed by atoms with Crippen molar-refractivity contribution < 1.29 is 22.8 Å². The summed E-state index contributed by atoms with van der Waals surface area (Å²) in [5, 5.41) is 5.50. The monoisotopic (exact) mass is 565 g/mol. The quantitative estimate of drug-likeness (QED) is 0.473. The Morgan fingerprint density at radius 3 is 2.49 bits per heavy atom. The number of alkyl halides is 3. The third-order valence-electron chi connectivity index (χ3n) is 6.30. The van der Waals surface area contributed by atoms with Gasteiger partial charge in [0.05, 0.1) is 22.5 Å². The average Bonchev–Trinajstić information content (AvgIpc) is 2.90. The number of hydrogen-bond donors (Lipinski definition) is 2. The lowest BCUT2D eigenvalue weighted by Crippen LogP contribution is -2.46. The maximum atomic E-state index is 13.7. The fourth-order valence-electron chi connectivity index (χ4n) is 4.43. The van der Waals surface area contributed by atoms with Crippen LogP contribution in [0, 0.1) is 0 Å². The maximum absolute atomic E-state index is 13.7. The number of nitrogens with one attached hydrogen (secondary N) is 2. The van der Waals surface area contributed by atoms with E-state index in [-0.39, 0.29) is 34.1 Å². The largest absolute Gasteiger partial charge is 0.416 e. The van der Waals surface area contributed by atoms with Gasteiger partial charge in [0, 0.05) is 46.0 Å². The van der Waals surface area contributed by atoms with E-state index in [4.69, 9.17) is 11.6 Å². The van der Waals surface area contributed by atoms with Gasteiger partial charge in [-0.1, -0.05) is 18.5 Å². The molecule has 0 spiro atoms. The number of benzene rings is 1. The second-order valence-electron chi connectivity index (χ2n) is 9.17. The number of anilines is 2. The smallest absolute Gasteiger partial charge is 0.364 e. The number of piperazine rings is 1. The molecule has 2 amide bonds. The summed E-state index contributed by atoms with van der Waals surface area (Å²) in [5.41, 5.74) is -0.387. The van der Waals surface area contributed by atoms with Crippen molar-refractivity contribution in [2.24, 2.45) is 0 Å². The molecule has 2 aromatic heterocycles. The number of pyridine rings is 1. The summed E-state index contributed by atoms with van der Waals surface area (Å²) in [4.78, 5) is 51.3. The van der Waals surface area contributed by atoms with Crippen LogP contribution in [-0.2, 0) is 23.9 Å². The van der Waals surface area contributed by atoms with E-state index in [1.807, 2.05) is 11.8 Å². The summed E-state index contributed by atoms with van der Waals surface area (Å²) in [6, 6.07) is 2.64. The third-order valence-corrected chi connectivity index (χ3v) is 6.62. The number of hydrogen-bond acceptors (Lipinski definition) is 7. The summed E-state index contributed by atoms with van der Waals surface area (Å²) in [7, 11) is 3.10. The van der Waals surface area contributed by atoms with E-state index in [1.54, 1.807) is 18.7 Å². The van der Waals surface area contributed by atoms with Crippen LogP contribution < -0.4 is 21.0 Å². The van der Waals surface area contributed by atoms with Crippen LogP contribution in [-0.4, -0.2) is 71.5 Å². The average molecular weight is 566 g/mol. The molecule has 0 unspecified atom stereocenters. The molecule has 1 saturated heterocycles. The van der Waals surface area contributed by atoms with Gasteiger partial charge in [-0.3, -0.25) is 14.4 Å². The molecular formula is C25H27ClF3N7O3. The number of aromatic nitrogens is 3. The van der Waals surface area contributed by atoms with Gasteiger partial charge in [0.1, 0.15) is 17.9 Å². The van der Waals surface area contributed by atoms with Crippen molar-refractivity contribution in [2.75, 3.05) is 50.5 Å². The number of carbonyl (C=O) groups excluding carboxylic acids is 2. The van der Waals surface area contributed by atoms with Crippen molar-refractivity contribution in [2.45, 2.75) is 26.1 Å². The van der Waals surface area contributed by atoms with Gasteiger partial charge >= 0.3 is 6.18 Å². The maximum Gasteiger partial charge on any atom is 0.416 e. The molecule has 1 aliphatic rings. The minimum absolute atomic E-state index is 0.00495. The Hall–Kier alpha value is -3.71. The van der Waals surface area contributed by atoms with Crippen LogP contribution in [0.3, 0.4) is 0 Å². The Morgan fingerprint density at radius 2 is 1.90 bits per heavy atom. The summed E-state index contributed by atoms with van der Waals surface area (Å²) < 4.78 is 40.6. The zero-order valence-corrected chi connectivity index (χ0v) is 22.3. The lowest BCUT2D eigenvalue weighted by Gasteiger charge is -2.31. The number of fused-ring (bicyclic) bond motifs is 1. The van der Waals surface area contributed by atoms with E-state index in [0.717, 1.165) is 18.2 Å². The van der Waals surface area contributed by atoms with Gasteiger partial charge in [-0.2, -0.15) is 13.2 Å². The summed E-state index contributed by atoms with van der Waals surface area (Å²) in [5.74, 6) is -1.04. The predicted molar refractivity (Wildman–Crippen MR) is 141 cm³/mol. The first-order valence-electron chi connectivity index (χ1n) is 12.2. The molecule has 1 aromatic carbocycles. The normalized spacial score (nSPS) is 14.0. The van der Waals surface area contributed by atoms with Crippen LogP contribution in [0.2, 0.25) is 5.02 Å². The van der Waals surface area contributed by atoms with Crippen molar-refractivity contribution in [3.8, 4) is 0 Å². The van der Waals surface area contributed by atoms with Crippen LogP contribution in [0.4, 0.5) is 24.5 Å². The van der Waals surface area contributed by atoms with Crippen molar-refractivity contribution in [1.29, 1.82) is 0 Å². The molecular weight excluding hydrogens is 539 g/mol. The summed E-state index contributed by atoms with van der Waals surface area (Å²) in [6.45, 7) is 3.91. The first-order chi connectivity index (χ1) is 18.4. The molecule has 0 radical (unpaired) electrons. The van der Waals surface area contributed by atoms with E-state index in [1.165, 1.54) is 11.1 Å². The Labute approximate surface area is 226 Å². The SMILES string of the molecule is CCc1c(N2CCNCC2)c(=O)c2nc(C(=O)N(C)C)cnc2n1CC(=O)Nc1ccc(C(F)(F)F)cc1Cl. The molecule has 0 aliphatic carbocycles. The molecule has 3 heterocycles. The van der Waals surface area contributed by atoms with Gasteiger partial charge in [-0.15, -0.1) is 0 Å². The molecule has 4 rings (SSSR count). The van der Waals surface area contributed by atoms with Gasteiger partial charge in [-0.05, 0) is 24.6 Å². The molecule has 0 saturated carbocycles. The topological polar surface area (TPSA) is 112 Å². The Morgan fingerprint density at radius 1 is 1.21 bits per heavy atom. The van der Waals surface area contributed by atoms with Crippen LogP contribution >= 0.6 is 11.6 Å². The first kappa shape index (κ1) is 28.3. The molecule has 2 N–H and O–H groups in total. The second kappa shape index (κ2) is 11.2. The molecule has 0 bridgehead atoms. The molecule has 0 atom stereocenters. The van der Waals surface area contributed by atoms with Gasteiger partial charge in [0.15, 0.2) is 11.2 Å². The van der Waals surface area contributed by atoms with Gasteiger partial charge in [-0.25, -0.2) is 9.97 Å². The minimum atomic E-state index is -4.58. The van der Waals surface area contributed by atoms with E-state index < -0.39 is 29.0 Å². The van der Waals surface area contributed by atoms with Crippen molar-refractivity contribution >= 4 is 46.0 Å². The predicted octanol–water partition coefficient (Wildman–Crippen LogP) is 2.78. The van der Waals surface area contributed by atoms with Gasteiger partial charge in [0.2, 0.25) is 11.3 Å². The molecule has 1 aliphatic heterocycles. The second-order valence-corrected chi connectivity index (χ2v) is 9.58. The van der Waals surface area contributed by atoms with Gasteiger partial charge in [0.25, 0.3) is 5.91 Å². The standard InChI is InChI=1S/C25H27ClF3N7O3/c1-4-18-21(35-9-7-30-8-10-35)22(38)20-23(31-12-17(33-20)24(39)34(2)3)36(18)13-19(37)32-16-6-5-14(11-15(16)26)25(27,28)29/h5-6,11-12,30H,4,7-10,13H2,1-3H3,(H,32,37). The number of nitrogens with zero attached hydrogens (tertiary/aromatic N) is 5. The lowest BCUT2D eigenvalue weighted by atomic mass is 10.1. The van der Waals surface area contributed by atoms with Crippen molar-refractivity contribution in [1.82, 2.24) is 24.8 Å². The number of amides is 2. The Kier molecular flexibility index (Phi) is 8.12. The van der Waals surface area contributed by atoms with Crippen LogP contribution in [0.5, 0.6) is 0 Å². The summed E-state index contributed by atoms with van der Waals surface area (Å²) >= 11 is 6.02. The highest BCUT2D eigenvalue weighted by atomic mass is 35.5. The van der Waals surface area contributed by atoms with Gasteiger partial charge < -0.3 is 25.0 Å². The third kappa shape index (κ3) is 5.83. The Bertz CT molecular complexity index is 1480. The summed E-state index contributed by atoms with van der Waals surface area (Å²) in [6.07, 6.45) is -2.96. The fraction of sp³-hybridized carbons (Fsp3) is 0.400. The molecule has 208 valence electrons. The van der Waals surface area contributed by atoms with E-state index in [2.05, 4.69) is 20.6 Å². The highest BCUT2D eigenvalue weighted by Crippen LogP contribution is 2.34. The molecule has 39 heavy (non-hydrogen) atoms. The highest BCUT2D eigenvalue weighted by Gasteiger charge is 2.31.